The summed E-state index contributed by atoms with van der Waals surface area (Å²) in [6, 6.07) is 13.6. The Labute approximate surface area is 140 Å². The fourth-order valence-electron chi connectivity index (χ4n) is 1.88. The normalized spacial score (nSPS) is 11.0. The highest BCUT2D eigenvalue weighted by atomic mass is 35.5. The Bertz CT molecular complexity index is 789. The molecule has 0 atom stereocenters. The molecule has 5 nitrogen and oxygen atoms in total. The molecule has 0 spiro atoms. The zero-order chi connectivity index (χ0) is 16.9. The van der Waals surface area contributed by atoms with Crippen molar-refractivity contribution in [1.29, 1.82) is 0 Å². The minimum Gasteiger partial charge on any atom is -0.376 e. The highest BCUT2D eigenvalue weighted by molar-refractivity contribution is 7.90. The van der Waals surface area contributed by atoms with Crippen molar-refractivity contribution in [3.63, 3.8) is 0 Å². The molecule has 122 valence electrons. The first-order chi connectivity index (χ1) is 10.8. The lowest BCUT2D eigenvalue weighted by molar-refractivity contribution is -0.119. The van der Waals surface area contributed by atoms with Crippen molar-refractivity contribution in [2.24, 2.45) is 0 Å². The maximum Gasteiger partial charge on any atom is 0.239 e. The molecule has 2 rings (SSSR count). The molecule has 7 heteroatoms. The standard InChI is InChI=1S/C16H17ClN2O3S/c1-23(21,22)15-4-2-3-14(9-15)18-11-16(20)19-10-12-5-7-13(17)8-6-12/h2-9,18H,10-11H2,1H3,(H,19,20). The van der Waals surface area contributed by atoms with Gasteiger partial charge in [-0.05, 0) is 35.9 Å². The number of nitrogens with one attached hydrogen (secondary N) is 2. The minimum absolute atomic E-state index is 0.0564. The van der Waals surface area contributed by atoms with Crippen LogP contribution in [-0.4, -0.2) is 27.1 Å². The van der Waals surface area contributed by atoms with E-state index in [1.54, 1.807) is 24.3 Å². The first-order valence-electron chi connectivity index (χ1n) is 6.90. The molecule has 0 aliphatic heterocycles. The summed E-state index contributed by atoms with van der Waals surface area (Å²) in [6.45, 7) is 0.460. The number of carbonyl (C=O) groups is 1. The summed E-state index contributed by atoms with van der Waals surface area (Å²) in [6.07, 6.45) is 1.14. The molecule has 0 saturated heterocycles. The quantitative estimate of drug-likeness (QED) is 0.837. The van der Waals surface area contributed by atoms with Crippen LogP contribution in [0.5, 0.6) is 0 Å². The van der Waals surface area contributed by atoms with E-state index >= 15 is 0 Å². The van der Waals surface area contributed by atoms with Gasteiger partial charge < -0.3 is 10.6 Å². The molecule has 2 aromatic rings. The highest BCUT2D eigenvalue weighted by Crippen LogP contribution is 2.15. The predicted molar refractivity (Wildman–Crippen MR) is 91.3 cm³/mol. The van der Waals surface area contributed by atoms with Crippen molar-refractivity contribution in [2.75, 3.05) is 18.1 Å². The number of anilines is 1. The summed E-state index contributed by atoms with van der Waals surface area (Å²) in [5.74, 6) is -0.190. The second-order valence-electron chi connectivity index (χ2n) is 5.06. The molecule has 0 saturated carbocycles. The van der Waals surface area contributed by atoms with Crippen molar-refractivity contribution >= 4 is 33.0 Å². The summed E-state index contributed by atoms with van der Waals surface area (Å²) in [5.41, 5.74) is 1.52. The SMILES string of the molecule is CS(=O)(=O)c1cccc(NCC(=O)NCc2ccc(Cl)cc2)c1. The highest BCUT2D eigenvalue weighted by Gasteiger charge is 2.08. The van der Waals surface area contributed by atoms with Crippen LogP contribution in [-0.2, 0) is 21.2 Å². The van der Waals surface area contributed by atoms with Crippen LogP contribution < -0.4 is 10.6 Å². The maximum absolute atomic E-state index is 11.8. The molecule has 1 amide bonds. The van der Waals surface area contributed by atoms with Crippen LogP contribution >= 0.6 is 11.6 Å². The van der Waals surface area contributed by atoms with Gasteiger partial charge in [0.1, 0.15) is 0 Å². The third-order valence-corrected chi connectivity index (χ3v) is 4.48. The number of hydrogen-bond donors (Lipinski definition) is 2. The number of halogens is 1. The van der Waals surface area contributed by atoms with Gasteiger partial charge in [0, 0.05) is 23.5 Å². The molecular formula is C16H17ClN2O3S. The molecule has 0 aliphatic rings. The molecule has 0 fully saturated rings. The van der Waals surface area contributed by atoms with Crippen LogP contribution in [0, 0.1) is 0 Å². The van der Waals surface area contributed by atoms with Crippen molar-refractivity contribution in [2.45, 2.75) is 11.4 Å². The van der Waals surface area contributed by atoms with Gasteiger partial charge >= 0.3 is 0 Å². The predicted octanol–water partition coefficient (Wildman–Crippen LogP) is 2.47. The Kier molecular flexibility index (Phi) is 5.63. The van der Waals surface area contributed by atoms with Gasteiger partial charge in [0.2, 0.25) is 5.91 Å². The molecule has 0 radical (unpaired) electrons. The topological polar surface area (TPSA) is 75.3 Å². The van der Waals surface area contributed by atoms with E-state index in [0.717, 1.165) is 11.8 Å². The second-order valence-corrected chi connectivity index (χ2v) is 7.51. The van der Waals surface area contributed by atoms with E-state index in [1.807, 2.05) is 12.1 Å². The average molecular weight is 353 g/mol. The third-order valence-electron chi connectivity index (χ3n) is 3.12. The zero-order valence-corrected chi connectivity index (χ0v) is 14.1. The summed E-state index contributed by atoms with van der Waals surface area (Å²) in [4.78, 5) is 12.0. The molecule has 2 N–H and O–H groups in total. The van der Waals surface area contributed by atoms with Gasteiger partial charge in [-0.1, -0.05) is 29.8 Å². The van der Waals surface area contributed by atoms with Crippen LogP contribution in [0.4, 0.5) is 5.69 Å². The smallest absolute Gasteiger partial charge is 0.239 e. The Hall–Kier alpha value is -2.05. The van der Waals surface area contributed by atoms with Gasteiger partial charge in [0.05, 0.1) is 11.4 Å². The Balaban J connectivity index is 1.86. The summed E-state index contributed by atoms with van der Waals surface area (Å²) < 4.78 is 23.0. The van der Waals surface area contributed by atoms with Gasteiger partial charge in [-0.25, -0.2) is 8.42 Å². The van der Waals surface area contributed by atoms with E-state index in [4.69, 9.17) is 11.6 Å². The molecule has 0 unspecified atom stereocenters. The average Bonchev–Trinajstić information content (AvgIpc) is 2.52. The van der Waals surface area contributed by atoms with Gasteiger partial charge in [-0.15, -0.1) is 0 Å². The summed E-state index contributed by atoms with van der Waals surface area (Å²) in [7, 11) is -3.27. The first-order valence-corrected chi connectivity index (χ1v) is 9.17. The molecule has 0 aliphatic carbocycles. The van der Waals surface area contributed by atoms with Crippen LogP contribution in [0.1, 0.15) is 5.56 Å². The van der Waals surface area contributed by atoms with Crippen molar-refractivity contribution in [1.82, 2.24) is 5.32 Å². The third kappa shape index (κ3) is 5.58. The van der Waals surface area contributed by atoms with Crippen LogP contribution in [0.25, 0.3) is 0 Å². The van der Waals surface area contributed by atoms with Crippen LogP contribution in [0.2, 0.25) is 5.02 Å². The lowest BCUT2D eigenvalue weighted by atomic mass is 10.2. The molecule has 0 bridgehead atoms. The van der Waals surface area contributed by atoms with Crippen molar-refractivity contribution < 1.29 is 13.2 Å². The summed E-state index contributed by atoms with van der Waals surface area (Å²) >= 11 is 5.80. The fourth-order valence-corrected chi connectivity index (χ4v) is 2.68. The minimum atomic E-state index is -3.27. The van der Waals surface area contributed by atoms with E-state index in [0.29, 0.717) is 17.3 Å². The van der Waals surface area contributed by atoms with Crippen LogP contribution in [0.3, 0.4) is 0 Å². The fraction of sp³-hybridized carbons (Fsp3) is 0.188. The number of amides is 1. The molecule has 23 heavy (non-hydrogen) atoms. The number of benzene rings is 2. The molecule has 0 aromatic heterocycles. The summed E-state index contributed by atoms with van der Waals surface area (Å²) in [5, 5.41) is 6.32. The second kappa shape index (κ2) is 7.48. The first kappa shape index (κ1) is 17.3. The number of rotatable bonds is 6. The lowest BCUT2D eigenvalue weighted by Gasteiger charge is -2.09. The Morgan fingerprint density at radius 1 is 1.13 bits per heavy atom. The molecule has 0 heterocycles. The zero-order valence-electron chi connectivity index (χ0n) is 12.5. The molecular weight excluding hydrogens is 336 g/mol. The van der Waals surface area contributed by atoms with Crippen molar-refractivity contribution in [3.8, 4) is 0 Å². The van der Waals surface area contributed by atoms with Crippen LogP contribution in [0.15, 0.2) is 53.4 Å². The van der Waals surface area contributed by atoms with E-state index in [2.05, 4.69) is 10.6 Å². The lowest BCUT2D eigenvalue weighted by Crippen LogP contribution is -2.29. The van der Waals surface area contributed by atoms with Gasteiger partial charge in [-0.3, -0.25) is 4.79 Å². The van der Waals surface area contributed by atoms with E-state index in [9.17, 15) is 13.2 Å². The van der Waals surface area contributed by atoms with Gasteiger partial charge in [-0.2, -0.15) is 0 Å². The van der Waals surface area contributed by atoms with E-state index in [-0.39, 0.29) is 17.3 Å². The van der Waals surface area contributed by atoms with Gasteiger partial charge in [0.25, 0.3) is 0 Å². The van der Waals surface area contributed by atoms with E-state index in [1.165, 1.54) is 12.1 Å². The maximum atomic E-state index is 11.8. The number of sulfone groups is 1. The largest absolute Gasteiger partial charge is 0.376 e. The Morgan fingerprint density at radius 3 is 2.48 bits per heavy atom. The monoisotopic (exact) mass is 352 g/mol. The Morgan fingerprint density at radius 2 is 1.83 bits per heavy atom. The number of carbonyl (C=O) groups excluding carboxylic acids is 1. The number of hydrogen-bond acceptors (Lipinski definition) is 4. The van der Waals surface area contributed by atoms with Gasteiger partial charge in [0.15, 0.2) is 9.84 Å². The van der Waals surface area contributed by atoms with E-state index < -0.39 is 9.84 Å². The molecule has 2 aromatic carbocycles. The van der Waals surface area contributed by atoms with Crippen molar-refractivity contribution in [3.05, 3.63) is 59.1 Å².